The van der Waals surface area contributed by atoms with Crippen molar-refractivity contribution in [3.8, 4) is 17.1 Å². The van der Waals surface area contributed by atoms with E-state index in [1.54, 1.807) is 6.21 Å². The maximum atomic E-state index is 12.3. The maximum absolute atomic E-state index is 12.3. The molecule has 0 bridgehead atoms. The molecule has 0 spiro atoms. The fourth-order valence-electron chi connectivity index (χ4n) is 3.03. The second kappa shape index (κ2) is 10.3. The second-order valence-corrected chi connectivity index (χ2v) is 8.30. The maximum Gasteiger partial charge on any atom is 0.250 e. The molecule has 0 radical (unpaired) electrons. The molecular weight excluding hydrogens is 442 g/mol. The number of nitrogens with zero attached hydrogens (tertiary/aromatic N) is 4. The van der Waals surface area contributed by atoms with Gasteiger partial charge in [-0.1, -0.05) is 65.8 Å². The first kappa shape index (κ1) is 21.8. The van der Waals surface area contributed by atoms with Gasteiger partial charge in [0.25, 0.3) is 5.91 Å². The number of aryl methyl sites for hydroxylation is 1. The molecule has 0 fully saturated rings. The topological polar surface area (TPSA) is 72.2 Å². The number of rotatable bonds is 7. The number of benzene rings is 3. The van der Waals surface area contributed by atoms with Gasteiger partial charge in [0.05, 0.1) is 12.0 Å². The van der Waals surface area contributed by atoms with Crippen molar-refractivity contribution in [3.63, 3.8) is 0 Å². The third-order valence-corrected chi connectivity index (χ3v) is 5.84. The zero-order valence-corrected chi connectivity index (χ0v) is 18.8. The number of carbonyl (C=O) groups excluding carboxylic acids is 1. The number of amides is 1. The minimum Gasteiger partial charge on any atom is -0.272 e. The van der Waals surface area contributed by atoms with Gasteiger partial charge < -0.3 is 0 Å². The van der Waals surface area contributed by atoms with Crippen LogP contribution in [0.3, 0.4) is 0 Å². The predicted octanol–water partition coefficient (Wildman–Crippen LogP) is 5.14. The number of thioether (sulfide) groups is 1. The van der Waals surface area contributed by atoms with Gasteiger partial charge in [-0.3, -0.25) is 9.36 Å². The second-order valence-electron chi connectivity index (χ2n) is 6.92. The van der Waals surface area contributed by atoms with Crippen LogP contribution in [0.25, 0.3) is 17.1 Å². The van der Waals surface area contributed by atoms with Crippen LogP contribution in [0.4, 0.5) is 0 Å². The molecule has 0 aliphatic heterocycles. The zero-order valence-electron chi connectivity index (χ0n) is 17.3. The SMILES string of the molecule is Cc1ccccc1/C=N\NC(=O)CSc1nnc(-c2ccc(Cl)cc2)n1-c1ccccc1. The van der Waals surface area contributed by atoms with Crippen molar-refractivity contribution in [1.29, 1.82) is 0 Å². The van der Waals surface area contributed by atoms with Crippen LogP contribution >= 0.6 is 23.4 Å². The molecule has 160 valence electrons. The number of nitrogens with one attached hydrogen (secondary N) is 1. The van der Waals surface area contributed by atoms with Gasteiger partial charge in [0.2, 0.25) is 0 Å². The monoisotopic (exact) mass is 461 g/mol. The first-order valence-corrected chi connectivity index (χ1v) is 11.3. The molecule has 3 aromatic carbocycles. The number of para-hydroxylation sites is 1. The minimum absolute atomic E-state index is 0.150. The van der Waals surface area contributed by atoms with E-state index in [-0.39, 0.29) is 11.7 Å². The van der Waals surface area contributed by atoms with Gasteiger partial charge in [0, 0.05) is 16.3 Å². The third kappa shape index (κ3) is 5.25. The molecule has 0 unspecified atom stereocenters. The van der Waals surface area contributed by atoms with Crippen LogP contribution in [0.15, 0.2) is 89.1 Å². The lowest BCUT2D eigenvalue weighted by atomic mass is 10.1. The largest absolute Gasteiger partial charge is 0.272 e. The van der Waals surface area contributed by atoms with Crippen molar-refractivity contribution >= 4 is 35.5 Å². The molecule has 0 aliphatic rings. The lowest BCUT2D eigenvalue weighted by Crippen LogP contribution is -2.20. The van der Waals surface area contributed by atoms with Crippen LogP contribution in [0.2, 0.25) is 5.02 Å². The van der Waals surface area contributed by atoms with Crippen molar-refractivity contribution in [2.75, 3.05) is 5.75 Å². The van der Waals surface area contributed by atoms with Crippen LogP contribution in [-0.4, -0.2) is 32.6 Å². The van der Waals surface area contributed by atoms with Crippen molar-refractivity contribution in [2.45, 2.75) is 12.1 Å². The number of aromatic nitrogens is 3. The van der Waals surface area contributed by atoms with Gasteiger partial charge in [-0.2, -0.15) is 5.10 Å². The number of hydrogen-bond acceptors (Lipinski definition) is 5. The summed E-state index contributed by atoms with van der Waals surface area (Å²) >= 11 is 7.33. The summed E-state index contributed by atoms with van der Waals surface area (Å²) < 4.78 is 1.93. The number of hydrazone groups is 1. The average Bonchev–Trinajstić information content (AvgIpc) is 3.24. The predicted molar refractivity (Wildman–Crippen MR) is 129 cm³/mol. The Labute approximate surface area is 195 Å². The normalized spacial score (nSPS) is 11.1. The first-order chi connectivity index (χ1) is 15.6. The fraction of sp³-hybridized carbons (Fsp3) is 0.0833. The molecule has 6 nitrogen and oxygen atoms in total. The van der Waals surface area contributed by atoms with Crippen LogP contribution < -0.4 is 5.43 Å². The summed E-state index contributed by atoms with van der Waals surface area (Å²) in [6.07, 6.45) is 1.64. The summed E-state index contributed by atoms with van der Waals surface area (Å²) in [6.45, 7) is 1.99. The quantitative estimate of drug-likeness (QED) is 0.235. The van der Waals surface area contributed by atoms with Gasteiger partial charge >= 0.3 is 0 Å². The van der Waals surface area contributed by atoms with E-state index >= 15 is 0 Å². The highest BCUT2D eigenvalue weighted by molar-refractivity contribution is 7.99. The summed E-state index contributed by atoms with van der Waals surface area (Å²) in [5, 5.41) is 14.0. The molecule has 32 heavy (non-hydrogen) atoms. The fourth-order valence-corrected chi connectivity index (χ4v) is 3.90. The molecule has 1 N–H and O–H groups in total. The summed E-state index contributed by atoms with van der Waals surface area (Å²) in [5.74, 6) is 0.597. The highest BCUT2D eigenvalue weighted by Crippen LogP contribution is 2.28. The molecule has 1 heterocycles. The molecule has 0 aliphatic carbocycles. The highest BCUT2D eigenvalue weighted by atomic mass is 35.5. The minimum atomic E-state index is -0.226. The average molecular weight is 462 g/mol. The molecule has 8 heteroatoms. The van der Waals surface area contributed by atoms with E-state index < -0.39 is 0 Å². The van der Waals surface area contributed by atoms with Gasteiger partial charge in [-0.25, -0.2) is 5.43 Å². The Balaban J connectivity index is 1.50. The molecule has 1 aromatic heterocycles. The smallest absolute Gasteiger partial charge is 0.250 e. The molecule has 0 saturated heterocycles. The summed E-state index contributed by atoms with van der Waals surface area (Å²) in [4.78, 5) is 12.3. The molecule has 1 amide bonds. The summed E-state index contributed by atoms with van der Waals surface area (Å²) in [7, 11) is 0. The van der Waals surface area contributed by atoms with Crippen LogP contribution in [0, 0.1) is 6.92 Å². The van der Waals surface area contributed by atoms with Crippen LogP contribution in [0.1, 0.15) is 11.1 Å². The van der Waals surface area contributed by atoms with Gasteiger partial charge in [-0.15, -0.1) is 10.2 Å². The van der Waals surface area contributed by atoms with E-state index in [9.17, 15) is 4.79 Å². The number of carbonyl (C=O) groups is 1. The van der Waals surface area contributed by atoms with E-state index in [0.717, 1.165) is 22.4 Å². The Kier molecular flexibility index (Phi) is 6.99. The van der Waals surface area contributed by atoms with Crippen molar-refractivity contribution in [3.05, 3.63) is 95.0 Å². The van der Waals surface area contributed by atoms with E-state index in [2.05, 4.69) is 20.7 Å². The van der Waals surface area contributed by atoms with E-state index in [0.29, 0.717) is 16.0 Å². The zero-order chi connectivity index (χ0) is 22.3. The molecule has 4 aromatic rings. The molecule has 0 atom stereocenters. The Morgan fingerprint density at radius 3 is 2.50 bits per heavy atom. The van der Waals surface area contributed by atoms with Gasteiger partial charge in [-0.05, 0) is 54.4 Å². The Morgan fingerprint density at radius 1 is 1.03 bits per heavy atom. The highest BCUT2D eigenvalue weighted by Gasteiger charge is 2.17. The van der Waals surface area contributed by atoms with Gasteiger partial charge in [0.1, 0.15) is 0 Å². The molecule has 0 saturated carbocycles. The molecular formula is C24H20ClN5OS. The van der Waals surface area contributed by atoms with Crippen molar-refractivity contribution in [1.82, 2.24) is 20.2 Å². The van der Waals surface area contributed by atoms with Crippen LogP contribution in [0.5, 0.6) is 0 Å². The van der Waals surface area contributed by atoms with E-state index in [1.807, 2.05) is 90.4 Å². The summed E-state index contributed by atoms with van der Waals surface area (Å²) in [6, 6.07) is 25.0. The first-order valence-electron chi connectivity index (χ1n) is 9.89. The van der Waals surface area contributed by atoms with Crippen molar-refractivity contribution in [2.24, 2.45) is 5.10 Å². The van der Waals surface area contributed by atoms with Crippen LogP contribution in [-0.2, 0) is 4.79 Å². The van der Waals surface area contributed by atoms with E-state index in [1.165, 1.54) is 11.8 Å². The Bertz CT molecular complexity index is 1240. The van der Waals surface area contributed by atoms with Gasteiger partial charge in [0.15, 0.2) is 11.0 Å². The summed E-state index contributed by atoms with van der Waals surface area (Å²) in [5.41, 5.74) is 6.40. The Hall–Kier alpha value is -3.42. The lowest BCUT2D eigenvalue weighted by molar-refractivity contribution is -0.118. The number of hydrogen-bond donors (Lipinski definition) is 1. The molecule has 4 rings (SSSR count). The lowest BCUT2D eigenvalue weighted by Gasteiger charge is -2.10. The standard InChI is InChI=1S/C24H20ClN5OS/c1-17-7-5-6-8-19(17)15-26-27-22(31)16-32-24-29-28-23(18-11-13-20(25)14-12-18)30(24)21-9-3-2-4-10-21/h2-15H,16H2,1H3,(H,27,31)/b26-15-. The van der Waals surface area contributed by atoms with Crippen molar-refractivity contribution < 1.29 is 4.79 Å². The van der Waals surface area contributed by atoms with E-state index in [4.69, 9.17) is 11.6 Å². The Morgan fingerprint density at radius 2 is 1.75 bits per heavy atom. The third-order valence-electron chi connectivity index (χ3n) is 4.66. The number of halogens is 1.